The molecule has 1 atom stereocenters. The van der Waals surface area contributed by atoms with Crippen molar-refractivity contribution in [2.45, 2.75) is 19.0 Å². The highest BCUT2D eigenvalue weighted by molar-refractivity contribution is 5.88. The van der Waals surface area contributed by atoms with E-state index in [0.29, 0.717) is 36.7 Å². The van der Waals surface area contributed by atoms with Gasteiger partial charge in [0.15, 0.2) is 0 Å². The van der Waals surface area contributed by atoms with Gasteiger partial charge in [0.25, 0.3) is 0 Å². The van der Waals surface area contributed by atoms with Crippen LogP contribution in [0.15, 0.2) is 40.8 Å². The zero-order valence-corrected chi connectivity index (χ0v) is 14.5. The lowest BCUT2D eigenvalue weighted by atomic mass is 10.1. The van der Waals surface area contributed by atoms with Crippen LogP contribution in [0, 0.1) is 11.3 Å². The van der Waals surface area contributed by atoms with Crippen molar-refractivity contribution >= 4 is 11.8 Å². The maximum absolute atomic E-state index is 12.2. The quantitative estimate of drug-likeness (QED) is 0.844. The largest absolute Gasteiger partial charge is 0.460 e. The van der Waals surface area contributed by atoms with E-state index < -0.39 is 6.04 Å². The van der Waals surface area contributed by atoms with Crippen molar-refractivity contribution in [3.63, 3.8) is 0 Å². The highest BCUT2D eigenvalue weighted by Crippen LogP contribution is 2.26. The molecule has 0 saturated carbocycles. The summed E-state index contributed by atoms with van der Waals surface area (Å²) in [6, 6.07) is 12.5. The number of furan rings is 1. The second kappa shape index (κ2) is 7.85. The molecular formula is C19H20N4O3. The van der Waals surface area contributed by atoms with Crippen LogP contribution in [-0.4, -0.2) is 42.9 Å². The summed E-state index contributed by atoms with van der Waals surface area (Å²) in [6.07, 6.45) is 0.104. The molecule has 1 saturated heterocycles. The van der Waals surface area contributed by atoms with Gasteiger partial charge in [-0.3, -0.25) is 14.5 Å². The third-order valence-electron chi connectivity index (χ3n) is 4.43. The van der Waals surface area contributed by atoms with Crippen LogP contribution in [0.5, 0.6) is 0 Å². The lowest BCUT2D eigenvalue weighted by Gasteiger charge is -2.33. The summed E-state index contributed by atoms with van der Waals surface area (Å²) in [6.45, 7) is 1.59. The summed E-state index contributed by atoms with van der Waals surface area (Å²) in [5, 5.41) is 14.6. The Kier molecular flexibility index (Phi) is 5.34. The van der Waals surface area contributed by atoms with Gasteiger partial charge < -0.3 is 15.1 Å². The zero-order valence-electron chi connectivity index (χ0n) is 14.5. The standard InChI is InChI=1S/C19H20N4O3/c1-21-18(24)10-16-19(25)22-8-9-23(16)12-14-6-7-17(26-14)15-5-3-2-4-13(15)11-20/h2-7,16H,8-10,12H2,1H3,(H,21,24)(H,22,25)/t16-/m1/s1. The van der Waals surface area contributed by atoms with Crippen molar-refractivity contribution in [1.29, 1.82) is 5.26 Å². The van der Waals surface area contributed by atoms with E-state index in [1.54, 1.807) is 13.1 Å². The van der Waals surface area contributed by atoms with Crippen LogP contribution in [0.2, 0.25) is 0 Å². The average molecular weight is 352 g/mol. The molecule has 0 aliphatic carbocycles. The molecule has 2 heterocycles. The number of nitrogens with zero attached hydrogens (tertiary/aromatic N) is 2. The van der Waals surface area contributed by atoms with Crippen LogP contribution >= 0.6 is 0 Å². The minimum absolute atomic E-state index is 0.104. The number of amides is 2. The summed E-state index contributed by atoms with van der Waals surface area (Å²) >= 11 is 0. The molecule has 1 fully saturated rings. The minimum Gasteiger partial charge on any atom is -0.460 e. The van der Waals surface area contributed by atoms with Crippen LogP contribution in [0.25, 0.3) is 11.3 Å². The van der Waals surface area contributed by atoms with Gasteiger partial charge in [0, 0.05) is 25.7 Å². The fraction of sp³-hybridized carbons (Fsp3) is 0.316. The molecule has 134 valence electrons. The molecule has 2 aromatic rings. The number of piperazine rings is 1. The number of rotatable bonds is 5. The third kappa shape index (κ3) is 3.76. The minimum atomic E-state index is -0.524. The van der Waals surface area contributed by atoms with Crippen molar-refractivity contribution in [3.8, 4) is 17.4 Å². The van der Waals surface area contributed by atoms with E-state index in [1.807, 2.05) is 35.2 Å². The molecular weight excluding hydrogens is 332 g/mol. The van der Waals surface area contributed by atoms with Crippen LogP contribution in [0.3, 0.4) is 0 Å². The van der Waals surface area contributed by atoms with Gasteiger partial charge >= 0.3 is 0 Å². The molecule has 0 bridgehead atoms. The average Bonchev–Trinajstić information content (AvgIpc) is 3.12. The molecule has 0 spiro atoms. The Hall–Kier alpha value is -3.11. The van der Waals surface area contributed by atoms with Gasteiger partial charge in [0.05, 0.1) is 30.6 Å². The van der Waals surface area contributed by atoms with E-state index in [2.05, 4.69) is 16.7 Å². The number of benzene rings is 1. The SMILES string of the molecule is CNC(=O)C[C@@H]1C(=O)NCCN1Cc1ccc(-c2ccccc2C#N)o1. The maximum atomic E-state index is 12.2. The predicted molar refractivity (Wildman–Crippen MR) is 94.8 cm³/mol. The number of hydrogen-bond acceptors (Lipinski definition) is 5. The fourth-order valence-corrected chi connectivity index (χ4v) is 3.05. The van der Waals surface area contributed by atoms with Gasteiger partial charge in [-0.25, -0.2) is 0 Å². The van der Waals surface area contributed by atoms with Crippen LogP contribution < -0.4 is 10.6 Å². The van der Waals surface area contributed by atoms with E-state index in [0.717, 1.165) is 5.56 Å². The molecule has 26 heavy (non-hydrogen) atoms. The Morgan fingerprint density at radius 2 is 2.19 bits per heavy atom. The first kappa shape index (κ1) is 17.7. The van der Waals surface area contributed by atoms with Gasteiger partial charge in [0.2, 0.25) is 11.8 Å². The summed E-state index contributed by atoms with van der Waals surface area (Å²) < 4.78 is 5.90. The molecule has 1 aliphatic rings. The Bertz CT molecular complexity index is 852. The molecule has 2 N–H and O–H groups in total. The highest BCUT2D eigenvalue weighted by atomic mass is 16.3. The molecule has 0 unspecified atom stereocenters. The van der Waals surface area contributed by atoms with E-state index in [1.165, 1.54) is 0 Å². The van der Waals surface area contributed by atoms with Gasteiger partial charge in [-0.1, -0.05) is 12.1 Å². The van der Waals surface area contributed by atoms with Crippen molar-refractivity contribution in [3.05, 3.63) is 47.7 Å². The number of nitriles is 1. The lowest BCUT2D eigenvalue weighted by molar-refractivity contribution is -0.134. The van der Waals surface area contributed by atoms with Gasteiger partial charge in [-0.05, 0) is 24.3 Å². The van der Waals surface area contributed by atoms with Gasteiger partial charge in [-0.2, -0.15) is 5.26 Å². The summed E-state index contributed by atoms with van der Waals surface area (Å²) in [5.41, 5.74) is 1.28. The molecule has 3 rings (SSSR count). The van der Waals surface area contributed by atoms with E-state index in [9.17, 15) is 14.9 Å². The zero-order chi connectivity index (χ0) is 18.5. The third-order valence-corrected chi connectivity index (χ3v) is 4.43. The lowest BCUT2D eigenvalue weighted by Crippen LogP contribution is -2.55. The molecule has 0 radical (unpaired) electrons. The van der Waals surface area contributed by atoms with E-state index in [-0.39, 0.29) is 18.2 Å². The number of nitrogens with one attached hydrogen (secondary N) is 2. The van der Waals surface area contributed by atoms with Crippen LogP contribution in [0.1, 0.15) is 17.7 Å². The van der Waals surface area contributed by atoms with E-state index >= 15 is 0 Å². The molecule has 2 amide bonds. The summed E-state index contributed by atoms with van der Waals surface area (Å²) in [4.78, 5) is 25.8. The first-order chi connectivity index (χ1) is 12.6. The van der Waals surface area contributed by atoms with Crippen molar-refractivity contribution in [2.75, 3.05) is 20.1 Å². The van der Waals surface area contributed by atoms with Crippen LogP contribution in [-0.2, 0) is 16.1 Å². The molecule has 1 aliphatic heterocycles. The second-order valence-electron chi connectivity index (χ2n) is 6.08. The Balaban J connectivity index is 1.78. The number of carbonyl (C=O) groups is 2. The second-order valence-corrected chi connectivity index (χ2v) is 6.08. The molecule has 1 aromatic carbocycles. The first-order valence-electron chi connectivity index (χ1n) is 8.43. The van der Waals surface area contributed by atoms with Crippen molar-refractivity contribution in [1.82, 2.24) is 15.5 Å². The van der Waals surface area contributed by atoms with Crippen molar-refractivity contribution < 1.29 is 14.0 Å². The summed E-state index contributed by atoms with van der Waals surface area (Å²) in [5.74, 6) is 0.965. The Labute approximate surface area is 151 Å². The number of carbonyl (C=O) groups excluding carboxylic acids is 2. The monoisotopic (exact) mass is 352 g/mol. The normalized spacial score (nSPS) is 17.4. The number of hydrogen-bond donors (Lipinski definition) is 2. The van der Waals surface area contributed by atoms with Crippen molar-refractivity contribution in [2.24, 2.45) is 0 Å². The Morgan fingerprint density at radius 1 is 1.38 bits per heavy atom. The topological polar surface area (TPSA) is 98.4 Å². The first-order valence-corrected chi connectivity index (χ1v) is 8.43. The Morgan fingerprint density at radius 3 is 2.96 bits per heavy atom. The highest BCUT2D eigenvalue weighted by Gasteiger charge is 2.31. The van der Waals surface area contributed by atoms with E-state index in [4.69, 9.17) is 4.42 Å². The molecule has 7 heteroatoms. The van der Waals surface area contributed by atoms with Crippen LogP contribution in [0.4, 0.5) is 0 Å². The summed E-state index contributed by atoms with van der Waals surface area (Å²) in [7, 11) is 1.55. The maximum Gasteiger partial charge on any atom is 0.237 e. The van der Waals surface area contributed by atoms with Gasteiger partial charge in [-0.15, -0.1) is 0 Å². The predicted octanol–water partition coefficient (Wildman–Crippen LogP) is 1.25. The molecule has 1 aromatic heterocycles. The smallest absolute Gasteiger partial charge is 0.237 e. The fourth-order valence-electron chi connectivity index (χ4n) is 3.05. The molecule has 7 nitrogen and oxygen atoms in total. The van der Waals surface area contributed by atoms with Gasteiger partial charge in [0.1, 0.15) is 11.5 Å².